The van der Waals surface area contributed by atoms with Crippen LogP contribution in [0.1, 0.15) is 33.1 Å². The number of amides is 2. The van der Waals surface area contributed by atoms with Crippen molar-refractivity contribution in [2.75, 3.05) is 44.2 Å². The maximum Gasteiger partial charge on any atom is 0.223 e. The molecule has 2 aliphatic heterocycles. The minimum absolute atomic E-state index is 0.0228. The number of hydrogen-bond donors (Lipinski definition) is 0. The number of para-hydroxylation sites is 1. The summed E-state index contributed by atoms with van der Waals surface area (Å²) in [5.41, 5.74) is 0.591. The van der Waals surface area contributed by atoms with E-state index >= 15 is 0 Å². The van der Waals surface area contributed by atoms with Crippen LogP contribution in [-0.2, 0) is 9.59 Å². The monoisotopic (exact) mass is 375 g/mol. The molecule has 2 unspecified atom stereocenters. The molecule has 5 nitrogen and oxygen atoms in total. The van der Waals surface area contributed by atoms with Crippen LogP contribution in [0, 0.1) is 17.7 Å². The van der Waals surface area contributed by atoms with E-state index in [-0.39, 0.29) is 30.5 Å². The molecular formula is C21H30FN3O2. The molecule has 2 aliphatic rings. The Morgan fingerprint density at radius 3 is 2.07 bits per heavy atom. The SMILES string of the molecule is CC1CC(C)CN(C(=O)CCC(=O)N2CCN(c3ccccc3F)CC2)C1. The van der Waals surface area contributed by atoms with Gasteiger partial charge < -0.3 is 14.7 Å². The predicted octanol–water partition coefficient (Wildman–Crippen LogP) is 2.76. The molecule has 27 heavy (non-hydrogen) atoms. The molecule has 0 N–H and O–H groups in total. The Kier molecular flexibility index (Phi) is 6.34. The van der Waals surface area contributed by atoms with Gasteiger partial charge in [0, 0.05) is 52.1 Å². The van der Waals surface area contributed by atoms with Crippen LogP contribution >= 0.6 is 0 Å². The van der Waals surface area contributed by atoms with Gasteiger partial charge in [-0.25, -0.2) is 4.39 Å². The van der Waals surface area contributed by atoms with Crippen LogP contribution in [-0.4, -0.2) is 60.9 Å². The van der Waals surface area contributed by atoms with Gasteiger partial charge in [0.05, 0.1) is 5.69 Å². The summed E-state index contributed by atoms with van der Waals surface area (Å²) in [6.45, 7) is 8.32. The second-order valence-corrected chi connectivity index (χ2v) is 8.06. The summed E-state index contributed by atoms with van der Waals surface area (Å²) in [5.74, 6) is 0.939. The first-order valence-corrected chi connectivity index (χ1v) is 9.99. The van der Waals surface area contributed by atoms with Crippen LogP contribution in [0.3, 0.4) is 0 Å². The molecule has 3 rings (SSSR count). The number of likely N-dealkylation sites (tertiary alicyclic amines) is 1. The van der Waals surface area contributed by atoms with E-state index in [2.05, 4.69) is 13.8 Å². The molecule has 2 amide bonds. The van der Waals surface area contributed by atoms with Crippen molar-refractivity contribution in [1.29, 1.82) is 0 Å². The number of anilines is 1. The van der Waals surface area contributed by atoms with Crippen LogP contribution in [0.5, 0.6) is 0 Å². The molecule has 0 saturated carbocycles. The molecule has 2 atom stereocenters. The second kappa shape index (κ2) is 8.72. The lowest BCUT2D eigenvalue weighted by Gasteiger charge is -2.37. The first-order valence-electron chi connectivity index (χ1n) is 9.99. The van der Waals surface area contributed by atoms with Gasteiger partial charge in [-0.2, -0.15) is 0 Å². The molecule has 0 bridgehead atoms. The highest BCUT2D eigenvalue weighted by Gasteiger charge is 2.27. The van der Waals surface area contributed by atoms with Crippen molar-refractivity contribution in [2.45, 2.75) is 33.1 Å². The Balaban J connectivity index is 1.44. The van der Waals surface area contributed by atoms with E-state index in [1.165, 1.54) is 6.07 Å². The van der Waals surface area contributed by atoms with Crippen molar-refractivity contribution in [3.8, 4) is 0 Å². The number of halogens is 1. The summed E-state index contributed by atoms with van der Waals surface area (Å²) in [6, 6.07) is 6.73. The van der Waals surface area contributed by atoms with Crippen molar-refractivity contribution in [3.63, 3.8) is 0 Å². The highest BCUT2D eigenvalue weighted by atomic mass is 19.1. The molecular weight excluding hydrogens is 345 g/mol. The van der Waals surface area contributed by atoms with E-state index in [9.17, 15) is 14.0 Å². The number of carbonyl (C=O) groups excluding carboxylic acids is 2. The fraction of sp³-hybridized carbons (Fsp3) is 0.619. The van der Waals surface area contributed by atoms with E-state index in [4.69, 9.17) is 0 Å². The third kappa shape index (κ3) is 4.99. The average Bonchev–Trinajstić information content (AvgIpc) is 2.65. The molecule has 0 radical (unpaired) electrons. The van der Waals surface area contributed by atoms with Gasteiger partial charge in [-0.05, 0) is 30.4 Å². The number of nitrogens with zero attached hydrogens (tertiary/aromatic N) is 3. The molecule has 0 aliphatic carbocycles. The lowest BCUT2D eigenvalue weighted by Crippen LogP contribution is -2.49. The molecule has 0 aromatic heterocycles. The van der Waals surface area contributed by atoms with E-state index in [0.29, 0.717) is 43.7 Å². The molecule has 0 spiro atoms. The number of piperidine rings is 1. The topological polar surface area (TPSA) is 43.9 Å². The number of hydrogen-bond acceptors (Lipinski definition) is 3. The molecule has 6 heteroatoms. The molecule has 2 saturated heterocycles. The highest BCUT2D eigenvalue weighted by Crippen LogP contribution is 2.22. The Labute approximate surface area is 161 Å². The van der Waals surface area contributed by atoms with Gasteiger partial charge in [0.25, 0.3) is 0 Å². The van der Waals surface area contributed by atoms with Crippen LogP contribution in [0.2, 0.25) is 0 Å². The molecule has 1 aromatic carbocycles. The maximum atomic E-state index is 13.9. The van der Waals surface area contributed by atoms with Crippen molar-refractivity contribution >= 4 is 17.5 Å². The normalized spacial score (nSPS) is 23.4. The summed E-state index contributed by atoms with van der Waals surface area (Å²) >= 11 is 0. The van der Waals surface area contributed by atoms with Crippen molar-refractivity contribution in [2.24, 2.45) is 11.8 Å². The Morgan fingerprint density at radius 1 is 0.926 bits per heavy atom. The zero-order valence-electron chi connectivity index (χ0n) is 16.4. The number of rotatable bonds is 4. The molecule has 2 fully saturated rings. The van der Waals surface area contributed by atoms with E-state index in [1.54, 1.807) is 17.0 Å². The first kappa shape index (κ1) is 19.6. The minimum atomic E-state index is -0.229. The van der Waals surface area contributed by atoms with Gasteiger partial charge in [0.15, 0.2) is 0 Å². The fourth-order valence-electron chi connectivity index (χ4n) is 4.30. The summed E-state index contributed by atoms with van der Waals surface area (Å²) in [7, 11) is 0. The lowest BCUT2D eigenvalue weighted by molar-refractivity contribution is -0.138. The van der Waals surface area contributed by atoms with Gasteiger partial charge >= 0.3 is 0 Å². The summed E-state index contributed by atoms with van der Waals surface area (Å²) in [4.78, 5) is 30.6. The highest BCUT2D eigenvalue weighted by molar-refractivity contribution is 5.84. The lowest BCUT2D eigenvalue weighted by atomic mass is 9.91. The van der Waals surface area contributed by atoms with Gasteiger partial charge in [0.2, 0.25) is 11.8 Å². The smallest absolute Gasteiger partial charge is 0.223 e. The molecule has 2 heterocycles. The number of piperazine rings is 1. The van der Waals surface area contributed by atoms with E-state index in [1.807, 2.05) is 15.9 Å². The van der Waals surface area contributed by atoms with Crippen molar-refractivity contribution < 1.29 is 14.0 Å². The summed E-state index contributed by atoms with van der Waals surface area (Å²) in [6.07, 6.45) is 1.71. The van der Waals surface area contributed by atoms with Crippen molar-refractivity contribution in [1.82, 2.24) is 9.80 Å². The van der Waals surface area contributed by atoms with Crippen LogP contribution in [0.15, 0.2) is 24.3 Å². The maximum absolute atomic E-state index is 13.9. The summed E-state index contributed by atoms with van der Waals surface area (Å²) < 4.78 is 13.9. The van der Waals surface area contributed by atoms with Crippen LogP contribution in [0.25, 0.3) is 0 Å². The Morgan fingerprint density at radius 2 is 1.48 bits per heavy atom. The number of benzene rings is 1. The largest absolute Gasteiger partial charge is 0.366 e. The third-order valence-electron chi connectivity index (χ3n) is 5.60. The average molecular weight is 375 g/mol. The zero-order chi connectivity index (χ0) is 19.4. The van der Waals surface area contributed by atoms with Gasteiger partial charge in [0.1, 0.15) is 5.82 Å². The fourth-order valence-corrected chi connectivity index (χ4v) is 4.30. The first-order chi connectivity index (χ1) is 12.9. The molecule has 148 valence electrons. The Bertz CT molecular complexity index is 663. The molecule has 1 aromatic rings. The standard InChI is InChI=1S/C21H30FN3O2/c1-16-13-17(2)15-25(14-16)21(27)8-7-20(26)24-11-9-23(10-12-24)19-6-4-3-5-18(19)22/h3-6,16-17H,7-15H2,1-2H3. The third-order valence-corrected chi connectivity index (χ3v) is 5.60. The second-order valence-electron chi connectivity index (χ2n) is 8.06. The minimum Gasteiger partial charge on any atom is -0.366 e. The van der Waals surface area contributed by atoms with Crippen LogP contribution < -0.4 is 4.90 Å². The Hall–Kier alpha value is -2.11. The quantitative estimate of drug-likeness (QED) is 0.813. The number of carbonyl (C=O) groups is 2. The predicted molar refractivity (Wildman–Crippen MR) is 104 cm³/mol. The van der Waals surface area contributed by atoms with E-state index in [0.717, 1.165) is 19.5 Å². The zero-order valence-corrected chi connectivity index (χ0v) is 16.4. The van der Waals surface area contributed by atoms with Crippen LogP contribution in [0.4, 0.5) is 10.1 Å². The van der Waals surface area contributed by atoms with Gasteiger partial charge in [-0.3, -0.25) is 9.59 Å². The summed E-state index contributed by atoms with van der Waals surface area (Å²) in [5, 5.41) is 0. The van der Waals surface area contributed by atoms with Gasteiger partial charge in [-0.15, -0.1) is 0 Å². The van der Waals surface area contributed by atoms with Gasteiger partial charge in [-0.1, -0.05) is 26.0 Å². The van der Waals surface area contributed by atoms with E-state index < -0.39 is 0 Å². The van der Waals surface area contributed by atoms with Crippen molar-refractivity contribution in [3.05, 3.63) is 30.1 Å².